The molecule has 1 atom stereocenters. The number of carbonyl (C=O) groups is 1. The summed E-state index contributed by atoms with van der Waals surface area (Å²) in [6, 6.07) is 5.50. The minimum Gasteiger partial charge on any atom is -0.497 e. The largest absolute Gasteiger partial charge is 0.497 e. The van der Waals surface area contributed by atoms with Crippen LogP contribution in [0.25, 0.3) is 0 Å². The minimum atomic E-state index is -0.327. The van der Waals surface area contributed by atoms with Crippen LogP contribution in [-0.2, 0) is 17.6 Å². The molecule has 0 bridgehead atoms. The van der Waals surface area contributed by atoms with Crippen molar-refractivity contribution in [2.24, 2.45) is 0 Å². The lowest BCUT2D eigenvalue weighted by atomic mass is 10.1. The third-order valence-corrected chi connectivity index (χ3v) is 6.22. The summed E-state index contributed by atoms with van der Waals surface area (Å²) in [7, 11) is 4.66. The molecule has 3 rings (SSSR count). The number of carbonyl (C=O) groups excluding carboxylic acids is 1. The van der Waals surface area contributed by atoms with E-state index in [1.54, 1.807) is 25.6 Å². The van der Waals surface area contributed by atoms with E-state index in [2.05, 4.69) is 10.6 Å². The number of thiophene rings is 1. The molecule has 1 aromatic carbocycles. The van der Waals surface area contributed by atoms with Crippen molar-refractivity contribution in [2.75, 3.05) is 26.6 Å². The maximum atomic E-state index is 12.3. The monoisotopic (exact) mass is 420 g/mol. The number of hydrogen-bond donors (Lipinski definition) is 2. The number of aryl methyl sites for hydroxylation is 1. The highest BCUT2D eigenvalue weighted by Gasteiger charge is 2.27. The zero-order valence-corrected chi connectivity index (χ0v) is 18.0. The molecule has 0 saturated carbocycles. The van der Waals surface area contributed by atoms with E-state index in [1.165, 1.54) is 12.0 Å². The standard InChI is InChI=1S/C20H24N2O4S2/c1-11(14-10-12(24-2)8-9-15(14)25-3)21-20(27)22-18-17(19(23)26-4)13-6-5-7-16(13)28-18/h8-11H,5-7H2,1-4H3,(H2,21,22,27). The minimum absolute atomic E-state index is 0.126. The van der Waals surface area contributed by atoms with Crippen LogP contribution in [-0.4, -0.2) is 32.4 Å². The fourth-order valence-corrected chi connectivity index (χ4v) is 5.03. The van der Waals surface area contributed by atoms with Gasteiger partial charge in [0.25, 0.3) is 0 Å². The van der Waals surface area contributed by atoms with Crippen LogP contribution in [0.5, 0.6) is 11.5 Å². The molecule has 0 aliphatic heterocycles. The number of nitrogens with one attached hydrogen (secondary N) is 2. The molecular formula is C20H24N2O4S2. The lowest BCUT2D eigenvalue weighted by Gasteiger charge is -2.20. The Morgan fingerprint density at radius 1 is 1.21 bits per heavy atom. The number of hydrogen-bond acceptors (Lipinski definition) is 6. The second-order valence-corrected chi connectivity index (χ2v) is 7.99. The number of ether oxygens (including phenoxy) is 3. The number of fused-ring (bicyclic) bond motifs is 1. The SMILES string of the molecule is COC(=O)c1c(NC(=S)NC(C)c2cc(OC)ccc2OC)sc2c1CCC2. The third kappa shape index (κ3) is 4.07. The predicted molar refractivity (Wildman–Crippen MR) is 115 cm³/mol. The number of benzene rings is 1. The average Bonchev–Trinajstić information content (AvgIpc) is 3.27. The van der Waals surface area contributed by atoms with Crippen molar-refractivity contribution in [3.63, 3.8) is 0 Å². The summed E-state index contributed by atoms with van der Waals surface area (Å²) in [6.07, 6.45) is 2.96. The Labute approximate surface area is 174 Å². The van der Waals surface area contributed by atoms with Crippen molar-refractivity contribution in [1.29, 1.82) is 0 Å². The number of esters is 1. The molecule has 0 radical (unpaired) electrons. The summed E-state index contributed by atoms with van der Waals surface area (Å²) in [6.45, 7) is 1.99. The molecule has 1 aliphatic rings. The molecule has 0 amide bonds. The molecule has 1 heterocycles. The first-order valence-corrected chi connectivity index (χ1v) is 10.2. The zero-order valence-electron chi connectivity index (χ0n) is 16.4. The van der Waals surface area contributed by atoms with E-state index >= 15 is 0 Å². The molecule has 2 aromatic rings. The van der Waals surface area contributed by atoms with Crippen LogP contribution in [0.2, 0.25) is 0 Å². The van der Waals surface area contributed by atoms with Crippen molar-refractivity contribution < 1.29 is 19.0 Å². The van der Waals surface area contributed by atoms with E-state index in [0.717, 1.165) is 46.9 Å². The molecule has 28 heavy (non-hydrogen) atoms. The van der Waals surface area contributed by atoms with Crippen LogP contribution in [0.4, 0.5) is 5.00 Å². The van der Waals surface area contributed by atoms with Gasteiger partial charge in [-0.2, -0.15) is 0 Å². The fourth-order valence-electron chi connectivity index (χ4n) is 3.40. The molecular weight excluding hydrogens is 396 g/mol. The Kier molecular flexibility index (Phi) is 6.41. The number of anilines is 1. The zero-order chi connectivity index (χ0) is 20.3. The van der Waals surface area contributed by atoms with Gasteiger partial charge in [0, 0.05) is 10.4 Å². The molecule has 150 valence electrons. The summed E-state index contributed by atoms with van der Waals surface area (Å²) in [5.41, 5.74) is 2.62. The van der Waals surface area contributed by atoms with Crippen LogP contribution in [0.3, 0.4) is 0 Å². The Morgan fingerprint density at radius 2 is 2.00 bits per heavy atom. The first-order valence-electron chi connectivity index (χ1n) is 9.00. The summed E-state index contributed by atoms with van der Waals surface area (Å²) in [5.74, 6) is 1.16. The van der Waals surface area contributed by atoms with Gasteiger partial charge >= 0.3 is 5.97 Å². The number of methoxy groups -OCH3 is 3. The maximum absolute atomic E-state index is 12.3. The van der Waals surface area contributed by atoms with Crippen molar-refractivity contribution in [3.05, 3.63) is 39.8 Å². The highest BCUT2D eigenvalue weighted by Crippen LogP contribution is 2.39. The van der Waals surface area contributed by atoms with Crippen LogP contribution < -0.4 is 20.1 Å². The van der Waals surface area contributed by atoms with Crippen LogP contribution in [0.15, 0.2) is 18.2 Å². The van der Waals surface area contributed by atoms with Crippen molar-refractivity contribution in [3.8, 4) is 11.5 Å². The van der Waals surface area contributed by atoms with Crippen molar-refractivity contribution >= 4 is 39.6 Å². The van der Waals surface area contributed by atoms with E-state index in [9.17, 15) is 4.79 Å². The van der Waals surface area contributed by atoms with Crippen molar-refractivity contribution in [1.82, 2.24) is 5.32 Å². The maximum Gasteiger partial charge on any atom is 0.341 e. The van der Waals surface area contributed by atoms with E-state index in [-0.39, 0.29) is 12.0 Å². The Balaban J connectivity index is 1.77. The summed E-state index contributed by atoms with van der Waals surface area (Å²) in [5, 5.41) is 7.61. The van der Waals surface area contributed by atoms with E-state index < -0.39 is 0 Å². The molecule has 1 unspecified atom stereocenters. The molecule has 8 heteroatoms. The van der Waals surface area contributed by atoms with Gasteiger partial charge in [0.2, 0.25) is 0 Å². The van der Waals surface area contributed by atoms with Gasteiger partial charge in [0.05, 0.1) is 32.9 Å². The van der Waals surface area contributed by atoms with Gasteiger partial charge in [-0.3, -0.25) is 0 Å². The second kappa shape index (κ2) is 8.79. The first-order chi connectivity index (χ1) is 13.5. The van der Waals surface area contributed by atoms with E-state index in [4.69, 9.17) is 26.4 Å². The molecule has 0 spiro atoms. The summed E-state index contributed by atoms with van der Waals surface area (Å²) < 4.78 is 15.7. The van der Waals surface area contributed by atoms with Crippen molar-refractivity contribution in [2.45, 2.75) is 32.2 Å². The van der Waals surface area contributed by atoms with Gasteiger partial charge in [0.1, 0.15) is 16.5 Å². The Morgan fingerprint density at radius 3 is 2.68 bits per heavy atom. The lowest BCUT2D eigenvalue weighted by molar-refractivity contribution is 0.0601. The normalized spacial score (nSPS) is 13.4. The van der Waals surface area contributed by atoms with Gasteiger partial charge in [0.15, 0.2) is 5.11 Å². The van der Waals surface area contributed by atoms with Crippen LogP contribution >= 0.6 is 23.6 Å². The molecule has 1 aromatic heterocycles. The van der Waals surface area contributed by atoms with E-state index in [1.807, 2.05) is 25.1 Å². The van der Waals surface area contributed by atoms with Crippen LogP contribution in [0, 0.1) is 0 Å². The third-order valence-electron chi connectivity index (χ3n) is 4.79. The topological polar surface area (TPSA) is 68.8 Å². The smallest absolute Gasteiger partial charge is 0.341 e. The molecule has 6 nitrogen and oxygen atoms in total. The Hall–Kier alpha value is -2.32. The van der Waals surface area contributed by atoms with Gasteiger partial charge in [-0.05, 0) is 62.2 Å². The lowest BCUT2D eigenvalue weighted by Crippen LogP contribution is -2.31. The molecule has 0 saturated heterocycles. The van der Waals surface area contributed by atoms with Gasteiger partial charge < -0.3 is 24.8 Å². The highest BCUT2D eigenvalue weighted by atomic mass is 32.1. The molecule has 0 fully saturated rings. The first kappa shape index (κ1) is 20.4. The second-order valence-electron chi connectivity index (χ2n) is 6.48. The average molecular weight is 421 g/mol. The quantitative estimate of drug-likeness (QED) is 0.539. The fraction of sp³-hybridized carbons (Fsp3) is 0.400. The van der Waals surface area contributed by atoms with Gasteiger partial charge in [-0.1, -0.05) is 0 Å². The summed E-state index contributed by atoms with van der Waals surface area (Å²) >= 11 is 7.08. The van der Waals surface area contributed by atoms with Gasteiger partial charge in [-0.25, -0.2) is 4.79 Å². The summed E-state index contributed by atoms with van der Waals surface area (Å²) in [4.78, 5) is 13.5. The molecule has 1 aliphatic carbocycles. The number of rotatable bonds is 6. The van der Waals surface area contributed by atoms with Crippen LogP contribution in [0.1, 0.15) is 45.7 Å². The Bertz CT molecular complexity index is 895. The molecule has 2 N–H and O–H groups in total. The predicted octanol–water partition coefficient (Wildman–Crippen LogP) is 4.09. The number of thiocarbonyl (C=S) groups is 1. The van der Waals surface area contributed by atoms with Gasteiger partial charge in [-0.15, -0.1) is 11.3 Å². The van der Waals surface area contributed by atoms with E-state index in [0.29, 0.717) is 10.7 Å². The highest BCUT2D eigenvalue weighted by molar-refractivity contribution is 7.80.